The molecule has 96 valence electrons. The minimum absolute atomic E-state index is 0.0894. The Kier molecular flexibility index (Phi) is 3.43. The molecule has 2 atom stereocenters. The maximum Gasteiger partial charge on any atom is 0.250 e. The van der Waals surface area contributed by atoms with Crippen molar-refractivity contribution in [1.82, 2.24) is 5.32 Å². The Morgan fingerprint density at radius 3 is 2.61 bits per heavy atom. The van der Waals surface area contributed by atoms with Crippen LogP contribution in [0.3, 0.4) is 0 Å². The van der Waals surface area contributed by atoms with Gasteiger partial charge in [-0.2, -0.15) is 0 Å². The van der Waals surface area contributed by atoms with Crippen LogP contribution in [0.1, 0.15) is 19.4 Å². The van der Waals surface area contributed by atoms with E-state index in [1.807, 2.05) is 25.1 Å². The third-order valence-electron chi connectivity index (χ3n) is 3.16. The number of rotatable bonds is 1. The van der Waals surface area contributed by atoms with Gasteiger partial charge >= 0.3 is 0 Å². The van der Waals surface area contributed by atoms with Crippen LogP contribution < -0.4 is 10.2 Å². The first-order valence-electron chi connectivity index (χ1n) is 5.82. The van der Waals surface area contributed by atoms with E-state index in [1.165, 1.54) is 0 Å². The molecule has 1 saturated heterocycles. The van der Waals surface area contributed by atoms with Crippen molar-refractivity contribution in [1.29, 1.82) is 0 Å². The quantitative estimate of drug-likeness (QED) is 0.862. The normalized spacial score (nSPS) is 24.1. The molecule has 2 amide bonds. The molecule has 1 N–H and O–H groups in total. The summed E-state index contributed by atoms with van der Waals surface area (Å²) in [6.07, 6.45) is 0. The smallest absolute Gasteiger partial charge is 0.250 e. The number of aryl methyl sites for hydroxylation is 1. The maximum atomic E-state index is 12.2. The zero-order chi connectivity index (χ0) is 13.4. The molecule has 5 heteroatoms. The van der Waals surface area contributed by atoms with Gasteiger partial charge in [-0.05, 0) is 48.3 Å². The van der Waals surface area contributed by atoms with E-state index < -0.39 is 12.1 Å². The minimum atomic E-state index is -0.494. The van der Waals surface area contributed by atoms with Gasteiger partial charge in [-0.3, -0.25) is 14.5 Å². The first-order chi connectivity index (χ1) is 8.43. The summed E-state index contributed by atoms with van der Waals surface area (Å²) in [7, 11) is 0. The first-order valence-corrected chi connectivity index (χ1v) is 6.61. The molecular formula is C13H15BrN2O2. The number of hydrogen-bond donors (Lipinski definition) is 1. The van der Waals surface area contributed by atoms with Crippen molar-refractivity contribution in [2.75, 3.05) is 4.90 Å². The third-order valence-corrected chi connectivity index (χ3v) is 4.20. The fraction of sp³-hybridized carbons (Fsp3) is 0.385. The number of carbonyl (C=O) groups is 2. The molecule has 0 aliphatic carbocycles. The van der Waals surface area contributed by atoms with E-state index in [1.54, 1.807) is 18.7 Å². The summed E-state index contributed by atoms with van der Waals surface area (Å²) in [4.78, 5) is 25.6. The molecule has 1 fully saturated rings. The SMILES string of the molecule is Cc1cccc(N2C(=O)C(C)NC(=O)C2C)c1Br. The predicted molar refractivity (Wildman–Crippen MR) is 73.4 cm³/mol. The summed E-state index contributed by atoms with van der Waals surface area (Å²) in [5, 5.41) is 2.67. The molecule has 1 aliphatic heterocycles. The molecule has 1 aromatic rings. The summed E-state index contributed by atoms with van der Waals surface area (Å²) < 4.78 is 0.854. The fourth-order valence-electron chi connectivity index (χ4n) is 2.06. The van der Waals surface area contributed by atoms with Crippen LogP contribution in [-0.2, 0) is 9.59 Å². The highest BCUT2D eigenvalue weighted by molar-refractivity contribution is 9.10. The van der Waals surface area contributed by atoms with Crippen LogP contribution in [0.15, 0.2) is 22.7 Å². The molecule has 0 radical (unpaired) electrons. The Morgan fingerprint density at radius 2 is 1.94 bits per heavy atom. The van der Waals surface area contributed by atoms with E-state index >= 15 is 0 Å². The zero-order valence-electron chi connectivity index (χ0n) is 10.5. The summed E-state index contributed by atoms with van der Waals surface area (Å²) in [5.74, 6) is -0.219. The highest BCUT2D eigenvalue weighted by Crippen LogP contribution is 2.32. The van der Waals surface area contributed by atoms with Gasteiger partial charge < -0.3 is 5.32 Å². The van der Waals surface area contributed by atoms with Crippen LogP contribution in [-0.4, -0.2) is 23.9 Å². The van der Waals surface area contributed by atoms with Crippen molar-refractivity contribution in [2.24, 2.45) is 0 Å². The monoisotopic (exact) mass is 310 g/mol. The molecule has 0 saturated carbocycles. The van der Waals surface area contributed by atoms with Gasteiger partial charge in [0.05, 0.1) is 5.69 Å². The topological polar surface area (TPSA) is 49.4 Å². The van der Waals surface area contributed by atoms with Crippen LogP contribution in [0.4, 0.5) is 5.69 Å². The predicted octanol–water partition coefficient (Wildman–Crippen LogP) is 2.00. The molecule has 1 aromatic carbocycles. The van der Waals surface area contributed by atoms with Crippen molar-refractivity contribution in [3.63, 3.8) is 0 Å². The number of nitrogens with one attached hydrogen (secondary N) is 1. The van der Waals surface area contributed by atoms with Gasteiger partial charge in [0, 0.05) is 4.47 Å². The molecule has 0 spiro atoms. The second-order valence-corrected chi connectivity index (χ2v) is 5.32. The van der Waals surface area contributed by atoms with Gasteiger partial charge in [0.25, 0.3) is 0 Å². The summed E-state index contributed by atoms with van der Waals surface area (Å²) in [6.45, 7) is 5.38. The van der Waals surface area contributed by atoms with Crippen molar-refractivity contribution >= 4 is 33.4 Å². The van der Waals surface area contributed by atoms with Crippen LogP contribution in [0, 0.1) is 6.92 Å². The van der Waals surface area contributed by atoms with Crippen LogP contribution in [0.5, 0.6) is 0 Å². The van der Waals surface area contributed by atoms with Gasteiger partial charge in [-0.15, -0.1) is 0 Å². The average Bonchev–Trinajstić information content (AvgIpc) is 2.32. The maximum absolute atomic E-state index is 12.2. The van der Waals surface area contributed by atoms with Crippen LogP contribution >= 0.6 is 15.9 Å². The highest BCUT2D eigenvalue weighted by atomic mass is 79.9. The molecule has 4 nitrogen and oxygen atoms in total. The first kappa shape index (κ1) is 13.1. The Hall–Kier alpha value is -1.36. The number of anilines is 1. The third kappa shape index (κ3) is 2.03. The van der Waals surface area contributed by atoms with Crippen LogP contribution in [0.25, 0.3) is 0 Å². The van der Waals surface area contributed by atoms with Gasteiger partial charge in [-0.1, -0.05) is 12.1 Å². The molecule has 1 heterocycles. The molecule has 0 aromatic heterocycles. The minimum Gasteiger partial charge on any atom is -0.343 e. The van der Waals surface area contributed by atoms with E-state index in [0.717, 1.165) is 15.7 Å². The molecule has 1 aliphatic rings. The summed E-state index contributed by atoms with van der Waals surface area (Å²) in [6, 6.07) is 4.70. The Bertz CT molecular complexity index is 516. The van der Waals surface area contributed by atoms with Crippen molar-refractivity contribution in [2.45, 2.75) is 32.9 Å². The van der Waals surface area contributed by atoms with Gasteiger partial charge in [0.15, 0.2) is 0 Å². The molecular weight excluding hydrogens is 296 g/mol. The van der Waals surface area contributed by atoms with Crippen molar-refractivity contribution < 1.29 is 9.59 Å². The number of benzene rings is 1. The molecule has 2 unspecified atom stereocenters. The Balaban J connectivity index is 2.50. The lowest BCUT2D eigenvalue weighted by Crippen LogP contribution is -2.61. The highest BCUT2D eigenvalue weighted by Gasteiger charge is 2.37. The lowest BCUT2D eigenvalue weighted by molar-refractivity contribution is -0.133. The standard InChI is InChI=1S/C13H15BrN2O2/c1-7-5-4-6-10(11(7)14)16-9(3)12(17)15-8(2)13(16)18/h4-6,8-9H,1-3H3,(H,15,17). The molecule has 0 bridgehead atoms. The lowest BCUT2D eigenvalue weighted by Gasteiger charge is -2.36. The number of piperazine rings is 1. The van der Waals surface area contributed by atoms with E-state index in [9.17, 15) is 9.59 Å². The number of halogens is 1. The van der Waals surface area contributed by atoms with E-state index in [0.29, 0.717) is 0 Å². The number of hydrogen-bond acceptors (Lipinski definition) is 2. The second kappa shape index (κ2) is 4.72. The lowest BCUT2D eigenvalue weighted by atomic mass is 10.1. The van der Waals surface area contributed by atoms with Gasteiger partial charge in [-0.25, -0.2) is 0 Å². The Labute approximate surface area is 114 Å². The van der Waals surface area contributed by atoms with Gasteiger partial charge in [0.2, 0.25) is 11.8 Å². The van der Waals surface area contributed by atoms with Crippen molar-refractivity contribution in [3.05, 3.63) is 28.2 Å². The average molecular weight is 311 g/mol. The van der Waals surface area contributed by atoms with Crippen molar-refractivity contribution in [3.8, 4) is 0 Å². The second-order valence-electron chi connectivity index (χ2n) is 4.52. The largest absolute Gasteiger partial charge is 0.343 e. The van der Waals surface area contributed by atoms with Gasteiger partial charge in [0.1, 0.15) is 12.1 Å². The van der Waals surface area contributed by atoms with Crippen LogP contribution in [0.2, 0.25) is 0 Å². The Morgan fingerprint density at radius 1 is 1.28 bits per heavy atom. The molecule has 2 rings (SSSR count). The number of amides is 2. The number of carbonyl (C=O) groups excluding carboxylic acids is 2. The summed E-state index contributed by atoms with van der Waals surface area (Å²) in [5.41, 5.74) is 1.78. The van der Waals surface area contributed by atoms with E-state index in [2.05, 4.69) is 21.2 Å². The van der Waals surface area contributed by atoms with E-state index in [4.69, 9.17) is 0 Å². The zero-order valence-corrected chi connectivity index (χ0v) is 12.1. The summed E-state index contributed by atoms with van der Waals surface area (Å²) >= 11 is 3.48. The van der Waals surface area contributed by atoms with E-state index in [-0.39, 0.29) is 11.8 Å². The fourth-order valence-corrected chi connectivity index (χ4v) is 2.51. The number of nitrogens with zero attached hydrogens (tertiary/aromatic N) is 1. The molecule has 18 heavy (non-hydrogen) atoms.